The second-order valence-corrected chi connectivity index (χ2v) is 8.71. The van der Waals surface area contributed by atoms with Crippen molar-refractivity contribution >= 4 is 11.9 Å². The molecule has 1 amide bonds. The van der Waals surface area contributed by atoms with Crippen LogP contribution in [-0.2, 0) is 11.8 Å². The normalized spacial score (nSPS) is 28.9. The molecule has 4 atom stereocenters. The van der Waals surface area contributed by atoms with Gasteiger partial charge in [-0.1, -0.05) is 0 Å². The lowest BCUT2D eigenvalue weighted by atomic mass is 9.77. The van der Waals surface area contributed by atoms with Crippen LogP contribution in [0.2, 0.25) is 0 Å². The van der Waals surface area contributed by atoms with E-state index in [0.717, 1.165) is 38.5 Å². The number of hydrogen-bond acceptors (Lipinski definition) is 6. The first-order chi connectivity index (χ1) is 14.2. The average Bonchev–Trinajstić information content (AvgIpc) is 3.33. The Labute approximate surface area is 170 Å². The Bertz CT molecular complexity index is 852. The molecule has 0 radical (unpaired) electrons. The molecule has 29 heavy (non-hydrogen) atoms. The van der Waals surface area contributed by atoms with Crippen LogP contribution >= 0.6 is 0 Å². The van der Waals surface area contributed by atoms with Gasteiger partial charge in [0.15, 0.2) is 0 Å². The maximum Gasteiger partial charge on any atom is 0.251 e. The Morgan fingerprint density at radius 2 is 1.97 bits per heavy atom. The van der Waals surface area contributed by atoms with E-state index in [1.807, 2.05) is 11.7 Å². The number of nitrogens with one attached hydrogen (secondary N) is 1. The lowest BCUT2D eigenvalue weighted by Gasteiger charge is -2.38. The van der Waals surface area contributed by atoms with E-state index in [1.54, 1.807) is 30.9 Å². The minimum absolute atomic E-state index is 0.0371. The molecule has 0 aromatic carbocycles. The van der Waals surface area contributed by atoms with Crippen molar-refractivity contribution in [2.45, 2.75) is 37.8 Å². The second-order valence-electron chi connectivity index (χ2n) is 8.71. The van der Waals surface area contributed by atoms with E-state index in [4.69, 9.17) is 4.74 Å². The Morgan fingerprint density at radius 1 is 1.21 bits per heavy atom. The Morgan fingerprint density at radius 3 is 2.66 bits per heavy atom. The Hall–Kier alpha value is -2.48. The van der Waals surface area contributed by atoms with E-state index in [-0.39, 0.29) is 18.1 Å². The molecule has 2 aromatic heterocycles. The number of anilines is 1. The summed E-state index contributed by atoms with van der Waals surface area (Å²) in [5, 5.41) is 7.47. The van der Waals surface area contributed by atoms with Crippen molar-refractivity contribution in [3.63, 3.8) is 0 Å². The van der Waals surface area contributed by atoms with Gasteiger partial charge in [0.05, 0.1) is 12.1 Å². The van der Waals surface area contributed by atoms with E-state index in [2.05, 4.69) is 25.3 Å². The largest absolute Gasteiger partial charge is 0.376 e. The van der Waals surface area contributed by atoms with Gasteiger partial charge in [0.1, 0.15) is 6.33 Å². The quantitative estimate of drug-likeness (QED) is 0.799. The van der Waals surface area contributed by atoms with Gasteiger partial charge >= 0.3 is 0 Å². The maximum absolute atomic E-state index is 12.8. The summed E-state index contributed by atoms with van der Waals surface area (Å²) in [6.07, 6.45) is 9.45. The third-order valence-electron chi connectivity index (χ3n) is 6.59. The molecular formula is C21H28N6O2. The van der Waals surface area contributed by atoms with Gasteiger partial charge in [-0.2, -0.15) is 10.1 Å². The highest BCUT2D eigenvalue weighted by Crippen LogP contribution is 2.40. The van der Waals surface area contributed by atoms with Crippen LogP contribution in [0.1, 0.15) is 36.0 Å². The highest BCUT2D eigenvalue weighted by Gasteiger charge is 2.44. The molecule has 3 heterocycles. The van der Waals surface area contributed by atoms with Gasteiger partial charge in [-0.15, -0.1) is 0 Å². The SMILES string of the molecule is Cn1ncnc1N1C[C@H]2C[C@H](OCC3CC3)[C@@H](NC(=O)c3ccncc3)C[C@H]2C1. The van der Waals surface area contributed by atoms with Gasteiger partial charge in [-0.3, -0.25) is 9.78 Å². The number of rotatable bonds is 6. The standard InChI is InChI=1S/C21H28N6O2/c1-26-21(23-13-24-26)27-10-16-8-18(25-20(28)15-4-6-22-7-5-15)19(9-17(16)11-27)29-12-14-2-3-14/h4-7,13-14,16-19H,2-3,8-12H2,1H3,(H,25,28)/t16-,17+,18-,19-/m0/s1. The van der Waals surface area contributed by atoms with E-state index in [9.17, 15) is 4.79 Å². The fourth-order valence-electron chi connectivity index (χ4n) is 4.79. The number of fused-ring (bicyclic) bond motifs is 1. The molecule has 8 nitrogen and oxygen atoms in total. The van der Waals surface area contributed by atoms with E-state index < -0.39 is 0 Å². The Kier molecular flexibility index (Phi) is 4.95. The zero-order chi connectivity index (χ0) is 19.8. The fraction of sp³-hybridized carbons (Fsp3) is 0.619. The molecule has 8 heteroatoms. The number of aromatic nitrogens is 4. The van der Waals surface area contributed by atoms with Gasteiger partial charge in [0.25, 0.3) is 5.91 Å². The molecule has 154 valence electrons. The van der Waals surface area contributed by atoms with Gasteiger partial charge < -0.3 is 15.0 Å². The zero-order valence-corrected chi connectivity index (χ0v) is 16.8. The number of carbonyl (C=O) groups is 1. The molecule has 0 bridgehead atoms. The zero-order valence-electron chi connectivity index (χ0n) is 16.8. The van der Waals surface area contributed by atoms with Crippen LogP contribution in [0, 0.1) is 17.8 Å². The first-order valence-electron chi connectivity index (χ1n) is 10.6. The van der Waals surface area contributed by atoms with E-state index >= 15 is 0 Å². The third kappa shape index (κ3) is 3.99. The molecule has 2 aromatic rings. The van der Waals surface area contributed by atoms with Gasteiger partial charge in [-0.25, -0.2) is 4.68 Å². The number of pyridine rings is 1. The molecule has 2 saturated carbocycles. The van der Waals surface area contributed by atoms with Crippen LogP contribution in [0.5, 0.6) is 0 Å². The van der Waals surface area contributed by atoms with Crippen LogP contribution in [-0.4, -0.2) is 57.5 Å². The minimum Gasteiger partial charge on any atom is -0.376 e. The van der Waals surface area contributed by atoms with Crippen LogP contribution in [0.25, 0.3) is 0 Å². The third-order valence-corrected chi connectivity index (χ3v) is 6.59. The molecule has 3 fully saturated rings. The van der Waals surface area contributed by atoms with Crippen LogP contribution in [0.3, 0.4) is 0 Å². The molecule has 1 N–H and O–H groups in total. The van der Waals surface area contributed by atoms with Crippen molar-refractivity contribution in [2.75, 3.05) is 24.6 Å². The first-order valence-corrected chi connectivity index (χ1v) is 10.6. The van der Waals surface area contributed by atoms with E-state index in [1.165, 1.54) is 12.8 Å². The molecule has 0 unspecified atom stereocenters. The first kappa shape index (κ1) is 18.5. The summed E-state index contributed by atoms with van der Waals surface area (Å²) >= 11 is 0. The molecule has 2 aliphatic carbocycles. The summed E-state index contributed by atoms with van der Waals surface area (Å²) in [5.41, 5.74) is 0.648. The number of hydrogen-bond donors (Lipinski definition) is 1. The lowest BCUT2D eigenvalue weighted by molar-refractivity contribution is -0.0211. The summed E-state index contributed by atoms with van der Waals surface area (Å²) in [6, 6.07) is 3.55. The van der Waals surface area contributed by atoms with Crippen molar-refractivity contribution in [1.29, 1.82) is 0 Å². The lowest BCUT2D eigenvalue weighted by Crippen LogP contribution is -2.50. The predicted octanol–water partition coefficient (Wildman–Crippen LogP) is 1.65. The predicted molar refractivity (Wildman–Crippen MR) is 107 cm³/mol. The molecule has 1 aliphatic heterocycles. The fourth-order valence-corrected chi connectivity index (χ4v) is 4.79. The monoisotopic (exact) mass is 396 g/mol. The Balaban J connectivity index is 1.29. The summed E-state index contributed by atoms with van der Waals surface area (Å²) in [5.74, 6) is 2.68. The smallest absolute Gasteiger partial charge is 0.251 e. The molecule has 3 aliphatic rings. The van der Waals surface area contributed by atoms with Crippen molar-refractivity contribution in [1.82, 2.24) is 25.1 Å². The topological polar surface area (TPSA) is 85.2 Å². The number of nitrogens with zero attached hydrogens (tertiary/aromatic N) is 5. The van der Waals surface area contributed by atoms with Crippen molar-refractivity contribution in [2.24, 2.45) is 24.8 Å². The van der Waals surface area contributed by atoms with Crippen molar-refractivity contribution in [3.05, 3.63) is 36.4 Å². The summed E-state index contributed by atoms with van der Waals surface area (Å²) in [4.78, 5) is 23.5. The van der Waals surface area contributed by atoms with Crippen molar-refractivity contribution in [3.8, 4) is 0 Å². The second kappa shape index (κ2) is 7.74. The molecule has 1 saturated heterocycles. The molecule has 5 rings (SSSR count). The highest BCUT2D eigenvalue weighted by molar-refractivity contribution is 5.94. The van der Waals surface area contributed by atoms with Gasteiger partial charge in [-0.05, 0) is 55.6 Å². The number of carbonyl (C=O) groups excluding carboxylic acids is 1. The minimum atomic E-state index is -0.0426. The van der Waals surface area contributed by atoms with Crippen LogP contribution in [0.15, 0.2) is 30.9 Å². The van der Waals surface area contributed by atoms with Crippen LogP contribution < -0.4 is 10.2 Å². The average molecular weight is 396 g/mol. The summed E-state index contributed by atoms with van der Waals surface area (Å²) in [7, 11) is 1.93. The molecule has 0 spiro atoms. The maximum atomic E-state index is 12.8. The summed E-state index contributed by atoms with van der Waals surface area (Å²) < 4.78 is 8.17. The number of ether oxygens (including phenoxy) is 1. The van der Waals surface area contributed by atoms with E-state index in [0.29, 0.717) is 23.3 Å². The highest BCUT2D eigenvalue weighted by atomic mass is 16.5. The van der Waals surface area contributed by atoms with Gasteiger partial charge in [0, 0.05) is 44.7 Å². The van der Waals surface area contributed by atoms with Crippen molar-refractivity contribution < 1.29 is 9.53 Å². The number of amides is 1. The van der Waals surface area contributed by atoms with Crippen LogP contribution in [0.4, 0.5) is 5.95 Å². The van der Waals surface area contributed by atoms with Gasteiger partial charge in [0.2, 0.25) is 5.95 Å². The summed E-state index contributed by atoms with van der Waals surface area (Å²) in [6.45, 7) is 2.75. The number of aryl methyl sites for hydroxylation is 1. The molecular weight excluding hydrogens is 368 g/mol.